The Kier molecular flexibility index (Phi) is 3.76. The molecule has 0 unspecified atom stereocenters. The van der Waals surface area contributed by atoms with Gasteiger partial charge in [-0.3, -0.25) is 0 Å². The molecule has 0 spiro atoms. The number of aromatic nitrogens is 2. The maximum absolute atomic E-state index is 5.56. The fourth-order valence-electron chi connectivity index (χ4n) is 2.00. The molecule has 1 heterocycles. The highest BCUT2D eigenvalue weighted by atomic mass is 79.9. The number of halogens is 1. The van der Waals surface area contributed by atoms with Crippen molar-refractivity contribution < 1.29 is 4.74 Å². The highest BCUT2D eigenvalue weighted by molar-refractivity contribution is 9.10. The van der Waals surface area contributed by atoms with E-state index in [9.17, 15) is 0 Å². The maximum atomic E-state index is 5.56. The van der Waals surface area contributed by atoms with Crippen LogP contribution in [0.3, 0.4) is 0 Å². The lowest BCUT2D eigenvalue weighted by Crippen LogP contribution is -1.97. The summed E-state index contributed by atoms with van der Waals surface area (Å²) in [5.41, 5.74) is 3.38. The number of ether oxygens (including phenoxy) is 1. The zero-order valence-corrected chi connectivity index (χ0v) is 12.7. The Labute approximate surface area is 116 Å². The van der Waals surface area contributed by atoms with Crippen molar-refractivity contribution in [1.29, 1.82) is 0 Å². The van der Waals surface area contributed by atoms with Gasteiger partial charge in [-0.1, -0.05) is 0 Å². The van der Waals surface area contributed by atoms with Gasteiger partial charge in [0.2, 0.25) is 0 Å². The molecule has 0 saturated heterocycles. The fourth-order valence-corrected chi connectivity index (χ4v) is 2.75. The minimum Gasteiger partial charge on any atom is -0.494 e. The van der Waals surface area contributed by atoms with Gasteiger partial charge in [-0.25, -0.2) is 4.98 Å². The Morgan fingerprint density at radius 3 is 2.56 bits per heavy atom. The first-order valence-electron chi connectivity index (χ1n) is 5.97. The van der Waals surface area contributed by atoms with Crippen molar-refractivity contribution in [1.82, 2.24) is 9.55 Å². The summed E-state index contributed by atoms with van der Waals surface area (Å²) in [6.45, 7) is 6.74. The van der Waals surface area contributed by atoms with Crippen molar-refractivity contribution in [3.8, 4) is 17.0 Å². The maximum Gasteiger partial charge on any atom is 0.132 e. The van der Waals surface area contributed by atoms with E-state index in [1.165, 1.54) is 0 Å². The standard InChI is InChI=1S/C14H17BrN2O/c1-5-18-12-7-6-11(8-9(12)2)13-14(15)16-10(3)17(13)4/h6-8H,5H2,1-4H3. The van der Waals surface area contributed by atoms with E-state index < -0.39 is 0 Å². The molecule has 0 radical (unpaired) electrons. The Morgan fingerprint density at radius 1 is 1.33 bits per heavy atom. The Balaban J connectivity index is 2.49. The molecule has 0 N–H and O–H groups in total. The van der Waals surface area contributed by atoms with Crippen LogP contribution in [0.2, 0.25) is 0 Å². The topological polar surface area (TPSA) is 27.1 Å². The van der Waals surface area contributed by atoms with Gasteiger partial charge in [-0.2, -0.15) is 0 Å². The number of rotatable bonds is 3. The van der Waals surface area contributed by atoms with E-state index >= 15 is 0 Å². The van der Waals surface area contributed by atoms with Crippen LogP contribution in [0.25, 0.3) is 11.3 Å². The summed E-state index contributed by atoms with van der Waals surface area (Å²) in [4.78, 5) is 4.42. The van der Waals surface area contributed by atoms with Crippen molar-refractivity contribution in [3.05, 3.63) is 34.2 Å². The van der Waals surface area contributed by atoms with Crippen LogP contribution in [0, 0.1) is 13.8 Å². The third kappa shape index (κ3) is 2.29. The van der Waals surface area contributed by atoms with E-state index in [1.54, 1.807) is 0 Å². The van der Waals surface area contributed by atoms with Gasteiger partial charge in [0.05, 0.1) is 12.3 Å². The van der Waals surface area contributed by atoms with Crippen LogP contribution in [0.4, 0.5) is 0 Å². The molecule has 96 valence electrons. The second-order valence-corrected chi connectivity index (χ2v) is 5.02. The number of aryl methyl sites for hydroxylation is 2. The molecule has 1 aromatic heterocycles. The molecule has 4 heteroatoms. The number of benzene rings is 1. The highest BCUT2D eigenvalue weighted by Gasteiger charge is 2.13. The van der Waals surface area contributed by atoms with Crippen LogP contribution < -0.4 is 4.74 Å². The predicted octanol–water partition coefficient (Wildman–Crippen LogP) is 3.87. The molecule has 0 amide bonds. The first-order chi connectivity index (χ1) is 8.54. The van der Waals surface area contributed by atoms with E-state index in [-0.39, 0.29) is 0 Å². The molecule has 18 heavy (non-hydrogen) atoms. The molecular formula is C14H17BrN2O. The second kappa shape index (κ2) is 5.14. The zero-order chi connectivity index (χ0) is 13.3. The number of hydrogen-bond donors (Lipinski definition) is 0. The quantitative estimate of drug-likeness (QED) is 0.861. The van der Waals surface area contributed by atoms with E-state index in [0.29, 0.717) is 6.61 Å². The fraction of sp³-hybridized carbons (Fsp3) is 0.357. The largest absolute Gasteiger partial charge is 0.494 e. The van der Waals surface area contributed by atoms with Crippen LogP contribution in [0.5, 0.6) is 5.75 Å². The predicted molar refractivity (Wildman–Crippen MR) is 77.0 cm³/mol. The van der Waals surface area contributed by atoms with Crippen molar-refractivity contribution in [2.75, 3.05) is 6.61 Å². The Bertz CT molecular complexity index is 575. The minimum absolute atomic E-state index is 0.689. The lowest BCUT2D eigenvalue weighted by Gasteiger charge is -2.10. The van der Waals surface area contributed by atoms with Gasteiger partial charge in [-0.05, 0) is 60.5 Å². The van der Waals surface area contributed by atoms with E-state index in [4.69, 9.17) is 4.74 Å². The van der Waals surface area contributed by atoms with Crippen LogP contribution >= 0.6 is 15.9 Å². The molecular weight excluding hydrogens is 292 g/mol. The van der Waals surface area contributed by atoms with E-state index in [0.717, 1.165) is 33.0 Å². The first-order valence-corrected chi connectivity index (χ1v) is 6.76. The molecule has 0 aliphatic carbocycles. The highest BCUT2D eigenvalue weighted by Crippen LogP contribution is 2.31. The molecule has 0 aliphatic heterocycles. The molecule has 0 bridgehead atoms. The summed E-state index contributed by atoms with van der Waals surface area (Å²) in [5, 5.41) is 0. The van der Waals surface area contributed by atoms with Crippen molar-refractivity contribution in [3.63, 3.8) is 0 Å². The zero-order valence-electron chi connectivity index (χ0n) is 11.1. The third-order valence-electron chi connectivity index (χ3n) is 3.02. The van der Waals surface area contributed by atoms with E-state index in [2.05, 4.69) is 44.5 Å². The molecule has 0 aliphatic rings. The molecule has 0 fully saturated rings. The van der Waals surface area contributed by atoms with Crippen LogP contribution in [0.1, 0.15) is 18.3 Å². The molecule has 0 atom stereocenters. The normalized spacial score (nSPS) is 10.7. The van der Waals surface area contributed by atoms with Crippen LogP contribution in [0.15, 0.2) is 22.8 Å². The molecule has 2 rings (SSSR count). The first kappa shape index (κ1) is 13.1. The van der Waals surface area contributed by atoms with Gasteiger partial charge in [-0.15, -0.1) is 0 Å². The molecule has 2 aromatic rings. The van der Waals surface area contributed by atoms with Crippen LogP contribution in [-0.2, 0) is 7.05 Å². The monoisotopic (exact) mass is 308 g/mol. The molecule has 3 nitrogen and oxygen atoms in total. The summed E-state index contributed by atoms with van der Waals surface area (Å²) >= 11 is 3.52. The molecule has 0 saturated carbocycles. The van der Waals surface area contributed by atoms with Gasteiger partial charge in [0.25, 0.3) is 0 Å². The average molecular weight is 309 g/mol. The van der Waals surface area contributed by atoms with Gasteiger partial charge < -0.3 is 9.30 Å². The summed E-state index contributed by atoms with van der Waals surface area (Å²) in [7, 11) is 2.02. The summed E-state index contributed by atoms with van der Waals surface area (Å²) in [6.07, 6.45) is 0. The number of hydrogen-bond acceptors (Lipinski definition) is 2. The lowest BCUT2D eigenvalue weighted by atomic mass is 10.1. The molecule has 1 aromatic carbocycles. The number of imidazole rings is 1. The SMILES string of the molecule is CCOc1ccc(-c2c(Br)nc(C)n2C)cc1C. The van der Waals surface area contributed by atoms with Crippen molar-refractivity contribution >= 4 is 15.9 Å². The Hall–Kier alpha value is -1.29. The lowest BCUT2D eigenvalue weighted by molar-refractivity contribution is 0.338. The van der Waals surface area contributed by atoms with E-state index in [1.807, 2.05) is 27.0 Å². The third-order valence-corrected chi connectivity index (χ3v) is 3.58. The van der Waals surface area contributed by atoms with Gasteiger partial charge >= 0.3 is 0 Å². The smallest absolute Gasteiger partial charge is 0.132 e. The van der Waals surface area contributed by atoms with Crippen molar-refractivity contribution in [2.24, 2.45) is 7.05 Å². The summed E-state index contributed by atoms with van der Waals surface area (Å²) in [6, 6.07) is 6.22. The summed E-state index contributed by atoms with van der Waals surface area (Å²) < 4.78 is 8.52. The number of nitrogens with zero attached hydrogens (tertiary/aromatic N) is 2. The van der Waals surface area contributed by atoms with Gasteiger partial charge in [0.1, 0.15) is 16.2 Å². The van der Waals surface area contributed by atoms with Gasteiger partial charge in [0.15, 0.2) is 0 Å². The Morgan fingerprint density at radius 2 is 2.06 bits per heavy atom. The summed E-state index contributed by atoms with van der Waals surface area (Å²) in [5.74, 6) is 1.93. The average Bonchev–Trinajstić information content (AvgIpc) is 2.56. The second-order valence-electron chi connectivity index (χ2n) is 4.27. The minimum atomic E-state index is 0.689. The van der Waals surface area contributed by atoms with Gasteiger partial charge in [0, 0.05) is 12.6 Å². The van der Waals surface area contributed by atoms with Crippen molar-refractivity contribution in [2.45, 2.75) is 20.8 Å². The van der Waals surface area contributed by atoms with Crippen LogP contribution in [-0.4, -0.2) is 16.2 Å².